The van der Waals surface area contributed by atoms with Gasteiger partial charge in [-0.3, -0.25) is 0 Å². The van der Waals surface area contributed by atoms with Crippen molar-refractivity contribution in [3.8, 4) is 0 Å². The summed E-state index contributed by atoms with van der Waals surface area (Å²) in [7, 11) is 4.48. The maximum atomic E-state index is 3.85. The fourth-order valence-corrected chi connectivity index (χ4v) is 4.15. The molecular weight excluding hydrogens is 258 g/mol. The molecule has 3 atom stereocenters. The Morgan fingerprint density at radius 3 is 2.62 bits per heavy atom. The van der Waals surface area contributed by atoms with Crippen LogP contribution in [0.15, 0.2) is 0 Å². The Morgan fingerprint density at radius 2 is 1.86 bits per heavy atom. The van der Waals surface area contributed by atoms with Crippen LogP contribution in [0, 0.1) is 5.92 Å². The summed E-state index contributed by atoms with van der Waals surface area (Å²) < 4.78 is 0. The zero-order chi connectivity index (χ0) is 15.1. The third-order valence-electron chi connectivity index (χ3n) is 5.52. The summed E-state index contributed by atoms with van der Waals surface area (Å²) >= 11 is 0. The van der Waals surface area contributed by atoms with Gasteiger partial charge >= 0.3 is 0 Å². The van der Waals surface area contributed by atoms with E-state index in [1.807, 2.05) is 0 Å². The van der Waals surface area contributed by atoms with Gasteiger partial charge in [0.15, 0.2) is 0 Å². The Hall–Kier alpha value is -0.120. The van der Waals surface area contributed by atoms with Crippen molar-refractivity contribution < 1.29 is 0 Å². The van der Waals surface area contributed by atoms with Gasteiger partial charge in [-0.25, -0.2) is 0 Å². The van der Waals surface area contributed by atoms with Crippen LogP contribution in [0.4, 0.5) is 0 Å². The summed E-state index contributed by atoms with van der Waals surface area (Å²) in [6, 6.07) is 1.54. The fraction of sp³-hybridized carbons (Fsp3) is 1.00. The molecule has 0 aromatic rings. The standard InChI is InChI=1S/C18H37N3/c1-4-12-19-18-11-7-5-6-9-16(18)14-21-13-8-10-17(15-21)20(2)3/h16-19H,4-15H2,1-3H3. The summed E-state index contributed by atoms with van der Waals surface area (Å²) in [5, 5.41) is 3.85. The Balaban J connectivity index is 1.87. The lowest BCUT2D eigenvalue weighted by molar-refractivity contribution is 0.107. The quantitative estimate of drug-likeness (QED) is 0.760. The number of rotatable bonds is 6. The molecule has 124 valence electrons. The van der Waals surface area contributed by atoms with Crippen molar-refractivity contribution in [1.82, 2.24) is 15.1 Å². The van der Waals surface area contributed by atoms with Crippen molar-refractivity contribution in [1.29, 1.82) is 0 Å². The minimum absolute atomic E-state index is 0.770. The zero-order valence-electron chi connectivity index (χ0n) is 14.6. The summed E-state index contributed by atoms with van der Waals surface area (Å²) in [5.41, 5.74) is 0. The molecule has 3 nitrogen and oxygen atoms in total. The predicted octanol–water partition coefficient (Wildman–Crippen LogP) is 2.96. The van der Waals surface area contributed by atoms with Crippen LogP contribution < -0.4 is 5.32 Å². The minimum atomic E-state index is 0.770. The van der Waals surface area contributed by atoms with Crippen LogP contribution >= 0.6 is 0 Å². The van der Waals surface area contributed by atoms with E-state index in [1.165, 1.54) is 77.5 Å². The van der Waals surface area contributed by atoms with Crippen molar-refractivity contribution in [3.63, 3.8) is 0 Å². The van der Waals surface area contributed by atoms with Crippen LogP contribution in [-0.4, -0.2) is 62.2 Å². The minimum Gasteiger partial charge on any atom is -0.314 e. The molecule has 3 heteroatoms. The van der Waals surface area contributed by atoms with Crippen LogP contribution in [0.1, 0.15) is 58.3 Å². The van der Waals surface area contributed by atoms with Crippen LogP contribution in [0.3, 0.4) is 0 Å². The van der Waals surface area contributed by atoms with Gasteiger partial charge in [0.05, 0.1) is 0 Å². The summed E-state index contributed by atoms with van der Waals surface area (Å²) in [6.07, 6.45) is 11.2. The highest BCUT2D eigenvalue weighted by Gasteiger charge is 2.28. The van der Waals surface area contributed by atoms with Gasteiger partial charge in [-0.1, -0.05) is 26.2 Å². The Morgan fingerprint density at radius 1 is 1.05 bits per heavy atom. The van der Waals surface area contributed by atoms with E-state index in [0.717, 1.165) is 18.0 Å². The van der Waals surface area contributed by atoms with E-state index < -0.39 is 0 Å². The van der Waals surface area contributed by atoms with Gasteiger partial charge in [-0.05, 0) is 65.2 Å². The van der Waals surface area contributed by atoms with Crippen LogP contribution in [0.25, 0.3) is 0 Å². The largest absolute Gasteiger partial charge is 0.314 e. The SMILES string of the molecule is CCCNC1CCCCCC1CN1CCCC(N(C)C)C1. The van der Waals surface area contributed by atoms with Crippen LogP contribution in [0.2, 0.25) is 0 Å². The van der Waals surface area contributed by atoms with E-state index in [2.05, 4.69) is 36.1 Å². The van der Waals surface area contributed by atoms with E-state index in [1.54, 1.807) is 0 Å². The number of likely N-dealkylation sites (N-methyl/N-ethyl adjacent to an activating group) is 1. The lowest BCUT2D eigenvalue weighted by atomic mass is 9.92. The zero-order valence-corrected chi connectivity index (χ0v) is 14.6. The van der Waals surface area contributed by atoms with Crippen molar-refractivity contribution in [2.24, 2.45) is 5.92 Å². The molecule has 0 aromatic heterocycles. The van der Waals surface area contributed by atoms with E-state index in [4.69, 9.17) is 0 Å². The Kier molecular flexibility index (Phi) is 7.48. The average molecular weight is 296 g/mol. The molecule has 0 bridgehead atoms. The molecule has 1 saturated heterocycles. The van der Waals surface area contributed by atoms with Crippen molar-refractivity contribution in [2.45, 2.75) is 70.4 Å². The highest BCUT2D eigenvalue weighted by Crippen LogP contribution is 2.26. The number of likely N-dealkylation sites (tertiary alicyclic amines) is 1. The average Bonchev–Trinajstić information content (AvgIpc) is 2.71. The van der Waals surface area contributed by atoms with Gasteiger partial charge in [0.1, 0.15) is 0 Å². The van der Waals surface area contributed by atoms with E-state index in [0.29, 0.717) is 0 Å². The number of nitrogens with zero attached hydrogens (tertiary/aromatic N) is 2. The molecular formula is C18H37N3. The maximum Gasteiger partial charge on any atom is 0.0217 e. The first-order valence-corrected chi connectivity index (χ1v) is 9.33. The highest BCUT2D eigenvalue weighted by atomic mass is 15.2. The molecule has 0 spiro atoms. The molecule has 1 heterocycles. The molecule has 3 unspecified atom stereocenters. The first kappa shape index (κ1) is 17.2. The lowest BCUT2D eigenvalue weighted by Crippen LogP contribution is -2.49. The number of hydrogen-bond donors (Lipinski definition) is 1. The Labute approximate surface area is 132 Å². The van der Waals surface area contributed by atoms with Gasteiger partial charge in [0.2, 0.25) is 0 Å². The monoisotopic (exact) mass is 295 g/mol. The first-order chi connectivity index (χ1) is 10.2. The second kappa shape index (κ2) is 9.12. The lowest BCUT2D eigenvalue weighted by Gasteiger charge is -2.39. The molecule has 1 N–H and O–H groups in total. The van der Waals surface area contributed by atoms with Crippen molar-refractivity contribution in [2.75, 3.05) is 40.3 Å². The number of hydrogen-bond acceptors (Lipinski definition) is 3. The molecule has 0 radical (unpaired) electrons. The van der Waals surface area contributed by atoms with E-state index in [9.17, 15) is 0 Å². The third-order valence-corrected chi connectivity index (χ3v) is 5.52. The first-order valence-electron chi connectivity index (χ1n) is 9.33. The van der Waals surface area contributed by atoms with Gasteiger partial charge in [-0.2, -0.15) is 0 Å². The van der Waals surface area contributed by atoms with Crippen molar-refractivity contribution in [3.05, 3.63) is 0 Å². The van der Waals surface area contributed by atoms with E-state index in [-0.39, 0.29) is 0 Å². The van der Waals surface area contributed by atoms with Crippen LogP contribution in [0.5, 0.6) is 0 Å². The van der Waals surface area contributed by atoms with Crippen LogP contribution in [-0.2, 0) is 0 Å². The molecule has 1 aliphatic carbocycles. The highest BCUT2D eigenvalue weighted by molar-refractivity contribution is 4.85. The normalized spacial score (nSPS) is 32.3. The molecule has 0 amide bonds. The van der Waals surface area contributed by atoms with E-state index >= 15 is 0 Å². The summed E-state index contributed by atoms with van der Waals surface area (Å²) in [6.45, 7) is 7.41. The molecule has 0 aromatic carbocycles. The number of piperidine rings is 1. The molecule has 21 heavy (non-hydrogen) atoms. The Bertz CT molecular complexity index is 280. The summed E-state index contributed by atoms with van der Waals surface area (Å²) in [4.78, 5) is 5.18. The van der Waals surface area contributed by atoms with Gasteiger partial charge in [0, 0.05) is 25.2 Å². The fourth-order valence-electron chi connectivity index (χ4n) is 4.15. The van der Waals surface area contributed by atoms with Gasteiger partial charge < -0.3 is 15.1 Å². The molecule has 2 rings (SSSR count). The molecule has 1 saturated carbocycles. The molecule has 2 fully saturated rings. The van der Waals surface area contributed by atoms with Crippen molar-refractivity contribution >= 4 is 0 Å². The predicted molar refractivity (Wildman–Crippen MR) is 91.8 cm³/mol. The smallest absolute Gasteiger partial charge is 0.0217 e. The molecule has 1 aliphatic heterocycles. The third kappa shape index (κ3) is 5.54. The topological polar surface area (TPSA) is 18.5 Å². The summed E-state index contributed by atoms with van der Waals surface area (Å²) in [5.74, 6) is 0.875. The molecule has 2 aliphatic rings. The second-order valence-corrected chi connectivity index (χ2v) is 7.48. The second-order valence-electron chi connectivity index (χ2n) is 7.48. The number of nitrogens with one attached hydrogen (secondary N) is 1. The van der Waals surface area contributed by atoms with Gasteiger partial charge in [-0.15, -0.1) is 0 Å². The van der Waals surface area contributed by atoms with Gasteiger partial charge in [0.25, 0.3) is 0 Å². The maximum absolute atomic E-state index is 3.85.